The van der Waals surface area contributed by atoms with Crippen LogP contribution in [0.25, 0.3) is 0 Å². The van der Waals surface area contributed by atoms with Crippen molar-refractivity contribution in [2.75, 3.05) is 13.1 Å². The van der Waals surface area contributed by atoms with E-state index in [2.05, 4.69) is 43.0 Å². The lowest BCUT2D eigenvalue weighted by atomic mass is 10.0. The van der Waals surface area contributed by atoms with Gasteiger partial charge in [0, 0.05) is 25.5 Å². The van der Waals surface area contributed by atoms with Gasteiger partial charge in [0.2, 0.25) is 0 Å². The fourth-order valence-electron chi connectivity index (χ4n) is 10.1. The van der Waals surface area contributed by atoms with Crippen molar-refractivity contribution in [1.82, 2.24) is 9.80 Å². The first-order valence-corrected chi connectivity index (χ1v) is 29.0. The summed E-state index contributed by atoms with van der Waals surface area (Å²) >= 11 is 0. The van der Waals surface area contributed by atoms with Gasteiger partial charge in [-0.15, -0.1) is 0 Å². The normalized spacial score (nSPS) is 13.2. The Labute approximate surface area is 381 Å². The third kappa shape index (κ3) is 40.1. The van der Waals surface area contributed by atoms with Crippen LogP contribution in [0.3, 0.4) is 0 Å². The molecule has 1 heterocycles. The number of rotatable bonds is 52. The monoisotopic (exact) mass is 841 g/mol. The zero-order valence-corrected chi connectivity index (χ0v) is 42.4. The summed E-state index contributed by atoms with van der Waals surface area (Å²) < 4.78 is 0. The molecule has 0 fully saturated rings. The summed E-state index contributed by atoms with van der Waals surface area (Å²) in [7, 11) is 0. The first-order valence-electron chi connectivity index (χ1n) is 29.0. The van der Waals surface area contributed by atoms with Crippen molar-refractivity contribution in [1.29, 1.82) is 0 Å². The van der Waals surface area contributed by atoms with Crippen LogP contribution in [0.15, 0.2) is 12.4 Å². The molecule has 0 saturated heterocycles. The Kier molecular flexibility index (Phi) is 47.2. The standard InChI is InChI=1S/C58H116N2/c1-4-7-10-13-16-19-22-25-28-31-32-35-38-41-44-47-50-53-58-59(54-51-48-45-42-39-36-33-29-26-23-20-17-14-11-8-5-2)56-57-60(58)55-52-49-46-43-40-37-34-30-27-24-21-18-15-12-9-6-3/h56-58H,4-55H2,1-3H3. The maximum absolute atomic E-state index is 2.75. The van der Waals surface area contributed by atoms with E-state index >= 15 is 0 Å². The van der Waals surface area contributed by atoms with Crippen LogP contribution in [0.1, 0.15) is 342 Å². The van der Waals surface area contributed by atoms with Gasteiger partial charge in [0.1, 0.15) is 6.17 Å². The highest BCUT2D eigenvalue weighted by atomic mass is 15.4. The quantitative estimate of drug-likeness (QED) is 0.0563. The van der Waals surface area contributed by atoms with Gasteiger partial charge < -0.3 is 9.80 Å². The van der Waals surface area contributed by atoms with Crippen molar-refractivity contribution < 1.29 is 0 Å². The van der Waals surface area contributed by atoms with Crippen LogP contribution in [0.5, 0.6) is 0 Å². The smallest absolute Gasteiger partial charge is 0.101 e. The zero-order chi connectivity index (χ0) is 42.9. The largest absolute Gasteiger partial charge is 0.356 e. The van der Waals surface area contributed by atoms with Gasteiger partial charge >= 0.3 is 0 Å². The van der Waals surface area contributed by atoms with E-state index in [4.69, 9.17) is 0 Å². The average Bonchev–Trinajstić information content (AvgIpc) is 3.64. The molecule has 0 aromatic heterocycles. The SMILES string of the molecule is CCCCCCCCCCCCCCCCCCCC1N(CCCCCCCCCCCCCCCCCC)C=CN1CCCCCCCCCCCCCCCCCC. The second kappa shape index (κ2) is 49.4. The van der Waals surface area contributed by atoms with Gasteiger partial charge in [-0.05, 0) is 25.7 Å². The van der Waals surface area contributed by atoms with Crippen LogP contribution in [0, 0.1) is 0 Å². The van der Waals surface area contributed by atoms with E-state index in [9.17, 15) is 0 Å². The summed E-state index contributed by atoms with van der Waals surface area (Å²) in [6.07, 6.45) is 78.3. The highest BCUT2D eigenvalue weighted by molar-refractivity contribution is 4.97. The zero-order valence-electron chi connectivity index (χ0n) is 42.4. The molecule has 0 unspecified atom stereocenters. The molecule has 0 aromatic rings. The van der Waals surface area contributed by atoms with Crippen LogP contribution < -0.4 is 0 Å². The molecule has 0 N–H and O–H groups in total. The van der Waals surface area contributed by atoms with Crippen molar-refractivity contribution in [2.45, 2.75) is 348 Å². The summed E-state index contributed by atoms with van der Waals surface area (Å²) in [5.41, 5.74) is 0. The molecule has 0 aliphatic carbocycles. The summed E-state index contributed by atoms with van der Waals surface area (Å²) in [6.45, 7) is 9.50. The van der Waals surface area contributed by atoms with E-state index in [0.29, 0.717) is 6.17 Å². The Bertz CT molecular complexity index is 761. The van der Waals surface area contributed by atoms with Gasteiger partial charge in [-0.25, -0.2) is 0 Å². The summed E-state index contributed by atoms with van der Waals surface area (Å²) in [6, 6.07) is 0. The topological polar surface area (TPSA) is 6.48 Å². The van der Waals surface area contributed by atoms with Crippen molar-refractivity contribution in [3.63, 3.8) is 0 Å². The second-order valence-corrected chi connectivity index (χ2v) is 20.3. The molecule has 358 valence electrons. The van der Waals surface area contributed by atoms with Crippen LogP contribution in [0.2, 0.25) is 0 Å². The van der Waals surface area contributed by atoms with Crippen molar-refractivity contribution in [3.05, 3.63) is 12.4 Å². The molecule has 0 bridgehead atoms. The fraction of sp³-hybridized carbons (Fsp3) is 0.966. The Hall–Kier alpha value is -0.660. The molecule has 0 saturated carbocycles. The molecule has 0 atom stereocenters. The minimum absolute atomic E-state index is 0.633. The van der Waals surface area contributed by atoms with Gasteiger partial charge in [-0.1, -0.05) is 316 Å². The molecular formula is C58H116N2. The first kappa shape index (κ1) is 57.4. The minimum Gasteiger partial charge on any atom is -0.356 e. The Morgan fingerprint density at radius 3 is 0.583 bits per heavy atom. The van der Waals surface area contributed by atoms with Crippen molar-refractivity contribution >= 4 is 0 Å². The third-order valence-corrected chi connectivity index (χ3v) is 14.3. The van der Waals surface area contributed by atoms with Crippen molar-refractivity contribution in [2.24, 2.45) is 0 Å². The Balaban J connectivity index is 2.19. The average molecular weight is 842 g/mol. The molecule has 0 radical (unpaired) electrons. The van der Waals surface area contributed by atoms with Crippen LogP contribution in [0.4, 0.5) is 0 Å². The molecule has 1 aliphatic heterocycles. The van der Waals surface area contributed by atoms with E-state index < -0.39 is 0 Å². The number of nitrogens with zero attached hydrogens (tertiary/aromatic N) is 2. The molecule has 60 heavy (non-hydrogen) atoms. The minimum atomic E-state index is 0.633. The lowest BCUT2D eigenvalue weighted by molar-refractivity contribution is 0.135. The summed E-state index contributed by atoms with van der Waals surface area (Å²) in [4.78, 5) is 5.51. The predicted octanol–water partition coefficient (Wildman–Crippen LogP) is 21.0. The van der Waals surface area contributed by atoms with Crippen LogP contribution in [-0.2, 0) is 0 Å². The molecule has 2 nitrogen and oxygen atoms in total. The van der Waals surface area contributed by atoms with Gasteiger partial charge in [0.05, 0.1) is 0 Å². The van der Waals surface area contributed by atoms with E-state index in [1.54, 1.807) is 0 Å². The molecule has 1 aliphatic rings. The Morgan fingerprint density at radius 2 is 0.383 bits per heavy atom. The second-order valence-electron chi connectivity index (χ2n) is 20.3. The summed E-state index contributed by atoms with van der Waals surface area (Å²) in [5, 5.41) is 0. The van der Waals surface area contributed by atoms with Gasteiger partial charge in [0.15, 0.2) is 0 Å². The predicted molar refractivity (Wildman–Crippen MR) is 274 cm³/mol. The van der Waals surface area contributed by atoms with Crippen molar-refractivity contribution in [3.8, 4) is 0 Å². The maximum atomic E-state index is 2.75. The fourth-order valence-corrected chi connectivity index (χ4v) is 10.1. The van der Waals surface area contributed by atoms with E-state index in [1.807, 2.05) is 0 Å². The van der Waals surface area contributed by atoms with Crippen LogP contribution in [-0.4, -0.2) is 29.1 Å². The lowest BCUT2D eigenvalue weighted by Crippen LogP contribution is -2.39. The summed E-state index contributed by atoms with van der Waals surface area (Å²) in [5.74, 6) is 0. The highest BCUT2D eigenvalue weighted by Gasteiger charge is 2.25. The lowest BCUT2D eigenvalue weighted by Gasteiger charge is -2.33. The Morgan fingerprint density at radius 1 is 0.217 bits per heavy atom. The molecule has 0 amide bonds. The van der Waals surface area contributed by atoms with Crippen LogP contribution >= 0.6 is 0 Å². The van der Waals surface area contributed by atoms with E-state index in [1.165, 1.54) is 334 Å². The van der Waals surface area contributed by atoms with Gasteiger partial charge in [-0.3, -0.25) is 0 Å². The molecule has 2 heteroatoms. The molecule has 0 aromatic carbocycles. The number of hydrogen-bond donors (Lipinski definition) is 0. The number of hydrogen-bond acceptors (Lipinski definition) is 2. The first-order chi connectivity index (χ1) is 29.8. The van der Waals surface area contributed by atoms with E-state index in [0.717, 1.165) is 0 Å². The van der Waals surface area contributed by atoms with Gasteiger partial charge in [-0.2, -0.15) is 0 Å². The highest BCUT2D eigenvalue weighted by Crippen LogP contribution is 2.25. The number of unbranched alkanes of at least 4 members (excludes halogenated alkanes) is 46. The molecule has 1 rings (SSSR count). The van der Waals surface area contributed by atoms with E-state index in [-0.39, 0.29) is 0 Å². The molecule has 0 spiro atoms. The van der Waals surface area contributed by atoms with Gasteiger partial charge in [0.25, 0.3) is 0 Å². The third-order valence-electron chi connectivity index (χ3n) is 14.3. The maximum Gasteiger partial charge on any atom is 0.101 e. The molecular weight excluding hydrogens is 725 g/mol.